The van der Waals surface area contributed by atoms with Gasteiger partial charge in [-0.05, 0) is 38.8 Å². The van der Waals surface area contributed by atoms with Crippen molar-refractivity contribution in [1.29, 1.82) is 0 Å². The van der Waals surface area contributed by atoms with Crippen molar-refractivity contribution >= 4 is 0 Å². The molecule has 4 nitrogen and oxygen atoms in total. The van der Waals surface area contributed by atoms with Crippen molar-refractivity contribution in [2.24, 2.45) is 7.05 Å². The molecule has 0 bridgehead atoms. The monoisotopic (exact) mass is 234 g/mol. The van der Waals surface area contributed by atoms with Crippen LogP contribution < -0.4 is 5.32 Å². The molecule has 0 amide bonds. The lowest BCUT2D eigenvalue weighted by atomic mass is 10.0. The molecule has 0 radical (unpaired) electrons. The van der Waals surface area contributed by atoms with Gasteiger partial charge in [0.15, 0.2) is 0 Å². The lowest BCUT2D eigenvalue weighted by molar-refractivity contribution is 0.189. The fourth-order valence-corrected chi connectivity index (χ4v) is 2.72. The zero-order chi connectivity index (χ0) is 11.7. The molecule has 2 aliphatic rings. The molecule has 1 saturated carbocycles. The van der Waals surface area contributed by atoms with Crippen LogP contribution in [0.1, 0.15) is 31.4 Å². The highest BCUT2D eigenvalue weighted by Gasteiger charge is 2.31. The maximum Gasteiger partial charge on any atom is 0.0947 e. The van der Waals surface area contributed by atoms with Crippen LogP contribution in [0.3, 0.4) is 0 Å². The predicted octanol–water partition coefficient (Wildman–Crippen LogP) is 1.14. The summed E-state index contributed by atoms with van der Waals surface area (Å²) in [5.41, 5.74) is 1.15. The summed E-state index contributed by atoms with van der Waals surface area (Å²) in [6.45, 7) is 3.48. The van der Waals surface area contributed by atoms with Gasteiger partial charge in [-0.1, -0.05) is 0 Å². The summed E-state index contributed by atoms with van der Waals surface area (Å²) in [6, 6.07) is 1.62. The van der Waals surface area contributed by atoms with Crippen molar-refractivity contribution in [2.45, 2.75) is 44.3 Å². The van der Waals surface area contributed by atoms with E-state index in [-0.39, 0.29) is 0 Å². The first-order chi connectivity index (χ1) is 8.31. The highest BCUT2D eigenvalue weighted by Crippen LogP contribution is 2.29. The Morgan fingerprint density at radius 1 is 1.29 bits per heavy atom. The van der Waals surface area contributed by atoms with Crippen LogP contribution in [-0.2, 0) is 13.6 Å². The van der Waals surface area contributed by atoms with E-state index in [2.05, 4.69) is 21.4 Å². The Morgan fingerprint density at radius 2 is 2.06 bits per heavy atom. The van der Waals surface area contributed by atoms with Crippen LogP contribution in [0.4, 0.5) is 0 Å². The first kappa shape index (κ1) is 11.2. The number of hydrogen-bond acceptors (Lipinski definition) is 3. The lowest BCUT2D eigenvalue weighted by Gasteiger charge is -2.32. The lowest BCUT2D eigenvalue weighted by Crippen LogP contribution is -2.43. The molecule has 0 unspecified atom stereocenters. The number of aromatic nitrogens is 2. The zero-order valence-corrected chi connectivity index (χ0v) is 10.6. The first-order valence-electron chi connectivity index (χ1n) is 6.75. The van der Waals surface area contributed by atoms with Gasteiger partial charge in [-0.25, -0.2) is 4.98 Å². The third-order valence-corrected chi connectivity index (χ3v) is 3.92. The number of nitrogens with zero attached hydrogens (tertiary/aromatic N) is 3. The van der Waals surface area contributed by atoms with Crippen molar-refractivity contribution in [3.05, 3.63) is 18.2 Å². The smallest absolute Gasteiger partial charge is 0.0947 e. The van der Waals surface area contributed by atoms with E-state index in [1.54, 1.807) is 0 Å². The average molecular weight is 234 g/mol. The molecule has 2 fully saturated rings. The molecule has 0 atom stereocenters. The van der Waals surface area contributed by atoms with Crippen LogP contribution in [0.15, 0.2) is 12.5 Å². The largest absolute Gasteiger partial charge is 0.340 e. The van der Waals surface area contributed by atoms with E-state index in [0.717, 1.165) is 18.3 Å². The van der Waals surface area contributed by atoms with E-state index < -0.39 is 0 Å². The second-order valence-corrected chi connectivity index (χ2v) is 5.45. The summed E-state index contributed by atoms with van der Waals surface area (Å²) in [6.07, 6.45) is 9.42. The highest BCUT2D eigenvalue weighted by molar-refractivity contribution is 4.96. The molecule has 1 aromatic heterocycles. The van der Waals surface area contributed by atoms with Crippen molar-refractivity contribution in [1.82, 2.24) is 19.8 Å². The minimum absolute atomic E-state index is 0.687. The Bertz CT molecular complexity index is 361. The van der Waals surface area contributed by atoms with Crippen LogP contribution >= 0.6 is 0 Å². The van der Waals surface area contributed by atoms with Crippen molar-refractivity contribution in [3.63, 3.8) is 0 Å². The van der Waals surface area contributed by atoms with Gasteiger partial charge in [-0.15, -0.1) is 0 Å². The quantitative estimate of drug-likeness (QED) is 0.848. The van der Waals surface area contributed by atoms with E-state index in [1.165, 1.54) is 38.8 Å². The fraction of sp³-hybridized carbons (Fsp3) is 0.769. The molecule has 2 heterocycles. The summed E-state index contributed by atoms with van der Waals surface area (Å²) in [5.74, 6) is 0. The number of piperidine rings is 1. The molecule has 1 N–H and O–H groups in total. The SMILES string of the molecule is Cn1cnc(CNC2CCN(C3CC3)CC2)c1. The molecule has 1 aromatic rings. The standard InChI is InChI=1S/C13H22N4/c1-16-9-12(15-10-16)8-14-11-4-6-17(7-5-11)13-2-3-13/h9-11,13-14H,2-8H2,1H3. The van der Waals surface area contributed by atoms with E-state index in [0.29, 0.717) is 6.04 Å². The van der Waals surface area contributed by atoms with E-state index in [9.17, 15) is 0 Å². The molecular formula is C13H22N4. The normalized spacial score (nSPS) is 23.1. The topological polar surface area (TPSA) is 33.1 Å². The summed E-state index contributed by atoms with van der Waals surface area (Å²) < 4.78 is 2.01. The molecule has 1 saturated heterocycles. The van der Waals surface area contributed by atoms with Gasteiger partial charge in [0, 0.05) is 31.9 Å². The van der Waals surface area contributed by atoms with Gasteiger partial charge in [-0.2, -0.15) is 0 Å². The third-order valence-electron chi connectivity index (χ3n) is 3.92. The zero-order valence-electron chi connectivity index (χ0n) is 10.6. The predicted molar refractivity (Wildman–Crippen MR) is 67.7 cm³/mol. The second-order valence-electron chi connectivity index (χ2n) is 5.45. The van der Waals surface area contributed by atoms with E-state index in [1.807, 2.05) is 17.9 Å². The number of rotatable bonds is 4. The minimum Gasteiger partial charge on any atom is -0.340 e. The number of hydrogen-bond donors (Lipinski definition) is 1. The molecule has 1 aliphatic heterocycles. The van der Waals surface area contributed by atoms with Crippen molar-refractivity contribution in [2.75, 3.05) is 13.1 Å². The summed E-state index contributed by atoms with van der Waals surface area (Å²) in [5, 5.41) is 3.63. The second kappa shape index (κ2) is 4.78. The first-order valence-corrected chi connectivity index (χ1v) is 6.75. The molecule has 1 aliphatic carbocycles. The van der Waals surface area contributed by atoms with E-state index in [4.69, 9.17) is 0 Å². The summed E-state index contributed by atoms with van der Waals surface area (Å²) in [7, 11) is 2.02. The average Bonchev–Trinajstić information content (AvgIpc) is 3.11. The van der Waals surface area contributed by atoms with Crippen LogP contribution in [0.25, 0.3) is 0 Å². The minimum atomic E-state index is 0.687. The molecular weight excluding hydrogens is 212 g/mol. The van der Waals surface area contributed by atoms with Gasteiger partial charge in [0.2, 0.25) is 0 Å². The Balaban J connectivity index is 1.41. The molecule has 3 rings (SSSR count). The van der Waals surface area contributed by atoms with Gasteiger partial charge in [0.1, 0.15) is 0 Å². The van der Waals surface area contributed by atoms with Gasteiger partial charge in [0.05, 0.1) is 12.0 Å². The Hall–Kier alpha value is -0.870. The van der Waals surface area contributed by atoms with Crippen molar-refractivity contribution in [3.8, 4) is 0 Å². The summed E-state index contributed by atoms with van der Waals surface area (Å²) in [4.78, 5) is 7.01. The molecule has 94 valence electrons. The maximum absolute atomic E-state index is 4.34. The van der Waals surface area contributed by atoms with Gasteiger partial charge >= 0.3 is 0 Å². The Morgan fingerprint density at radius 3 is 2.65 bits per heavy atom. The number of likely N-dealkylation sites (tertiary alicyclic amines) is 1. The van der Waals surface area contributed by atoms with Crippen LogP contribution in [-0.4, -0.2) is 39.6 Å². The van der Waals surface area contributed by atoms with Crippen molar-refractivity contribution < 1.29 is 0 Å². The molecule has 0 aromatic carbocycles. The number of nitrogens with one attached hydrogen (secondary N) is 1. The van der Waals surface area contributed by atoms with Gasteiger partial charge < -0.3 is 14.8 Å². The van der Waals surface area contributed by atoms with Crippen LogP contribution in [0, 0.1) is 0 Å². The Labute approximate surface area is 103 Å². The summed E-state index contributed by atoms with van der Waals surface area (Å²) >= 11 is 0. The van der Waals surface area contributed by atoms with E-state index >= 15 is 0 Å². The number of aryl methyl sites for hydroxylation is 1. The highest BCUT2D eigenvalue weighted by atomic mass is 15.2. The fourth-order valence-electron chi connectivity index (χ4n) is 2.72. The Kier molecular flexibility index (Phi) is 3.16. The molecule has 4 heteroatoms. The number of imidazole rings is 1. The molecule has 17 heavy (non-hydrogen) atoms. The van der Waals surface area contributed by atoms with Crippen LogP contribution in [0.5, 0.6) is 0 Å². The van der Waals surface area contributed by atoms with Gasteiger partial charge in [-0.3, -0.25) is 0 Å². The van der Waals surface area contributed by atoms with Gasteiger partial charge in [0.25, 0.3) is 0 Å². The maximum atomic E-state index is 4.34. The third kappa shape index (κ3) is 2.87. The molecule has 0 spiro atoms. The van der Waals surface area contributed by atoms with Crippen LogP contribution in [0.2, 0.25) is 0 Å².